The van der Waals surface area contributed by atoms with Crippen molar-refractivity contribution in [2.24, 2.45) is 11.7 Å². The molecule has 192 valence electrons. The van der Waals surface area contributed by atoms with Crippen LogP contribution in [0.25, 0.3) is 0 Å². The molecule has 1 unspecified atom stereocenters. The van der Waals surface area contributed by atoms with E-state index in [0.717, 1.165) is 44.6 Å². The first-order chi connectivity index (χ1) is 16.0. The van der Waals surface area contributed by atoms with Gasteiger partial charge in [-0.05, 0) is 58.0 Å². The Morgan fingerprint density at radius 2 is 1.82 bits per heavy atom. The molecule has 0 bridgehead atoms. The minimum absolute atomic E-state index is 0.196. The van der Waals surface area contributed by atoms with Crippen molar-refractivity contribution in [1.29, 1.82) is 0 Å². The first-order valence-electron chi connectivity index (χ1n) is 13.0. The number of nitrogens with zero attached hydrogens (tertiary/aromatic N) is 1. The fraction of sp³-hybridized carbons (Fsp3) is 0.875. The van der Waals surface area contributed by atoms with Crippen LogP contribution in [0.5, 0.6) is 0 Å². The number of hydrogen-bond donors (Lipinski definition) is 4. The molecule has 33 heavy (non-hydrogen) atoms. The van der Waals surface area contributed by atoms with Gasteiger partial charge in [-0.1, -0.05) is 51.9 Å². The van der Waals surface area contributed by atoms with Crippen LogP contribution < -0.4 is 21.8 Å². The summed E-state index contributed by atoms with van der Waals surface area (Å²) in [5.41, 5.74) is 8.14. The van der Waals surface area contributed by atoms with Gasteiger partial charge >= 0.3 is 6.09 Å². The van der Waals surface area contributed by atoms with E-state index in [9.17, 15) is 14.4 Å². The van der Waals surface area contributed by atoms with Crippen LogP contribution in [0, 0.1) is 5.92 Å². The van der Waals surface area contributed by atoms with Gasteiger partial charge in [-0.15, -0.1) is 0 Å². The third kappa shape index (κ3) is 13.4. The van der Waals surface area contributed by atoms with E-state index in [-0.39, 0.29) is 25.1 Å². The number of ether oxygens (including phenoxy) is 1. The molecule has 0 aromatic rings. The van der Waals surface area contributed by atoms with Gasteiger partial charge in [0.05, 0.1) is 19.2 Å². The fourth-order valence-electron chi connectivity index (χ4n) is 4.15. The topological polar surface area (TPSA) is 126 Å². The number of rotatable bonds is 16. The monoisotopic (exact) mass is 469 g/mol. The van der Waals surface area contributed by atoms with Crippen LogP contribution in [0.2, 0.25) is 0 Å². The normalized spacial score (nSPS) is 15.0. The van der Waals surface area contributed by atoms with Crippen molar-refractivity contribution in [3.63, 3.8) is 0 Å². The summed E-state index contributed by atoms with van der Waals surface area (Å²) < 4.78 is 4.98. The van der Waals surface area contributed by atoms with Gasteiger partial charge in [0.2, 0.25) is 5.91 Å². The smallest absolute Gasteiger partial charge is 0.428 e. The maximum Gasteiger partial charge on any atom is 0.428 e. The second-order valence-corrected chi connectivity index (χ2v) is 8.89. The third-order valence-electron chi connectivity index (χ3n) is 6.07. The Labute approximate surface area is 199 Å². The predicted molar refractivity (Wildman–Crippen MR) is 130 cm³/mol. The molecule has 1 fully saturated rings. The molecular formula is C24H47N5O4. The molecule has 1 aliphatic carbocycles. The van der Waals surface area contributed by atoms with Crippen molar-refractivity contribution in [3.8, 4) is 0 Å². The van der Waals surface area contributed by atoms with Crippen LogP contribution in [-0.2, 0) is 14.3 Å². The Morgan fingerprint density at radius 1 is 1.06 bits per heavy atom. The van der Waals surface area contributed by atoms with E-state index in [1.54, 1.807) is 6.92 Å². The second-order valence-electron chi connectivity index (χ2n) is 8.89. The molecule has 0 aromatic heterocycles. The highest BCUT2D eigenvalue weighted by molar-refractivity contribution is 5.88. The van der Waals surface area contributed by atoms with Crippen molar-refractivity contribution in [1.82, 2.24) is 21.1 Å². The Kier molecular flexibility index (Phi) is 16.4. The van der Waals surface area contributed by atoms with Gasteiger partial charge in [0.15, 0.2) is 0 Å². The van der Waals surface area contributed by atoms with Crippen molar-refractivity contribution >= 4 is 17.9 Å². The summed E-state index contributed by atoms with van der Waals surface area (Å²) in [5.74, 6) is 0.172. The standard InChI is InChI=1S/C24H47N5O4/c1-3-5-18-29(24(32)33-4-2)28-22(30)19-27-23(31)21(15-9-10-16-25)26-17-11-14-20-12-7-6-8-13-20/h20-21,26H,3-19,25H2,1-2H3,(H,27,31)(H,28,30). The highest BCUT2D eigenvalue weighted by atomic mass is 16.6. The Balaban J connectivity index is 2.45. The lowest BCUT2D eigenvalue weighted by Gasteiger charge is -2.23. The molecular weight excluding hydrogens is 422 g/mol. The van der Waals surface area contributed by atoms with E-state index in [1.807, 2.05) is 6.92 Å². The summed E-state index contributed by atoms with van der Waals surface area (Å²) >= 11 is 0. The van der Waals surface area contributed by atoms with E-state index in [4.69, 9.17) is 10.5 Å². The predicted octanol–water partition coefficient (Wildman–Crippen LogP) is 2.84. The SMILES string of the molecule is CCCCN(NC(=O)CNC(=O)C(CCCCN)NCCCC1CCCCC1)C(=O)OCC. The lowest BCUT2D eigenvalue weighted by atomic mass is 9.86. The number of hydrazine groups is 1. The average Bonchev–Trinajstić information content (AvgIpc) is 2.82. The van der Waals surface area contributed by atoms with Crippen LogP contribution in [0.1, 0.15) is 90.9 Å². The van der Waals surface area contributed by atoms with Gasteiger partial charge in [0.1, 0.15) is 0 Å². The first-order valence-corrected chi connectivity index (χ1v) is 13.0. The lowest BCUT2D eigenvalue weighted by Crippen LogP contribution is -2.52. The van der Waals surface area contributed by atoms with Gasteiger partial charge < -0.3 is 21.1 Å². The largest absolute Gasteiger partial charge is 0.448 e. The molecule has 1 rings (SSSR count). The zero-order valence-corrected chi connectivity index (χ0v) is 20.8. The lowest BCUT2D eigenvalue weighted by molar-refractivity contribution is -0.129. The Morgan fingerprint density at radius 3 is 2.48 bits per heavy atom. The number of unbranched alkanes of at least 4 members (excludes halogenated alkanes) is 2. The number of hydrogen-bond acceptors (Lipinski definition) is 6. The molecule has 3 amide bonds. The van der Waals surface area contributed by atoms with Crippen molar-refractivity contribution in [3.05, 3.63) is 0 Å². The third-order valence-corrected chi connectivity index (χ3v) is 6.07. The van der Waals surface area contributed by atoms with Crippen molar-refractivity contribution in [2.45, 2.75) is 96.9 Å². The van der Waals surface area contributed by atoms with Crippen molar-refractivity contribution < 1.29 is 19.1 Å². The maximum absolute atomic E-state index is 12.7. The number of carbonyl (C=O) groups is 3. The summed E-state index contributed by atoms with van der Waals surface area (Å²) in [6.45, 7) is 5.49. The van der Waals surface area contributed by atoms with Crippen LogP contribution in [0.3, 0.4) is 0 Å². The molecule has 0 spiro atoms. The minimum Gasteiger partial charge on any atom is -0.448 e. The highest BCUT2D eigenvalue weighted by Crippen LogP contribution is 2.27. The molecule has 9 nitrogen and oxygen atoms in total. The zero-order valence-electron chi connectivity index (χ0n) is 20.8. The second kappa shape index (κ2) is 18.5. The quantitative estimate of drug-likeness (QED) is 0.203. The highest BCUT2D eigenvalue weighted by Gasteiger charge is 2.21. The molecule has 1 aliphatic rings. The number of nitrogens with two attached hydrogens (primary N) is 1. The van der Waals surface area contributed by atoms with E-state index >= 15 is 0 Å². The van der Waals surface area contributed by atoms with Gasteiger partial charge in [-0.3, -0.25) is 15.0 Å². The van der Waals surface area contributed by atoms with E-state index in [0.29, 0.717) is 19.5 Å². The number of nitrogens with one attached hydrogen (secondary N) is 3. The average molecular weight is 470 g/mol. The molecule has 5 N–H and O–H groups in total. The van der Waals surface area contributed by atoms with Crippen LogP contribution >= 0.6 is 0 Å². The zero-order chi connectivity index (χ0) is 24.3. The van der Waals surface area contributed by atoms with Crippen LogP contribution in [0.4, 0.5) is 4.79 Å². The van der Waals surface area contributed by atoms with Crippen LogP contribution in [0.15, 0.2) is 0 Å². The molecule has 1 saturated carbocycles. The molecule has 0 heterocycles. The van der Waals surface area contributed by atoms with Gasteiger partial charge in [0.25, 0.3) is 5.91 Å². The molecule has 1 atom stereocenters. The number of amides is 3. The first kappa shape index (κ1) is 29.2. The molecule has 9 heteroatoms. The maximum atomic E-state index is 12.7. The Hall–Kier alpha value is -1.87. The minimum atomic E-state index is -0.593. The molecule has 0 saturated heterocycles. The molecule has 0 aliphatic heterocycles. The fourth-order valence-corrected chi connectivity index (χ4v) is 4.15. The van der Waals surface area contributed by atoms with E-state index < -0.39 is 12.0 Å². The van der Waals surface area contributed by atoms with Gasteiger partial charge in [-0.2, -0.15) is 0 Å². The van der Waals surface area contributed by atoms with E-state index in [1.165, 1.54) is 43.5 Å². The van der Waals surface area contributed by atoms with E-state index in [2.05, 4.69) is 16.1 Å². The molecule has 0 radical (unpaired) electrons. The summed E-state index contributed by atoms with van der Waals surface area (Å²) in [4.78, 5) is 37.1. The summed E-state index contributed by atoms with van der Waals surface area (Å²) in [6.07, 6.45) is 12.4. The molecule has 0 aromatic carbocycles. The summed E-state index contributed by atoms with van der Waals surface area (Å²) in [5, 5.41) is 7.26. The van der Waals surface area contributed by atoms with Gasteiger partial charge in [-0.25, -0.2) is 9.80 Å². The summed E-state index contributed by atoms with van der Waals surface area (Å²) in [6, 6.07) is -0.350. The van der Waals surface area contributed by atoms with Gasteiger partial charge in [0, 0.05) is 6.54 Å². The van der Waals surface area contributed by atoms with Crippen molar-refractivity contribution in [2.75, 3.05) is 32.8 Å². The van der Waals surface area contributed by atoms with Crippen LogP contribution in [-0.4, -0.2) is 61.7 Å². The summed E-state index contributed by atoms with van der Waals surface area (Å²) in [7, 11) is 0. The Bertz CT molecular complexity index is 555. The number of carbonyl (C=O) groups excluding carboxylic acids is 3.